The van der Waals surface area contributed by atoms with Crippen LogP contribution in [0.25, 0.3) is 0 Å². The normalized spacial score (nSPS) is 16.9. The molecule has 0 radical (unpaired) electrons. The molecule has 148 valence electrons. The van der Waals surface area contributed by atoms with Crippen molar-refractivity contribution in [3.63, 3.8) is 0 Å². The van der Waals surface area contributed by atoms with Crippen LogP contribution in [0.1, 0.15) is 39.5 Å². The quantitative estimate of drug-likeness (QED) is 0.457. The summed E-state index contributed by atoms with van der Waals surface area (Å²) in [4.78, 5) is 2.65. The van der Waals surface area contributed by atoms with E-state index >= 15 is 0 Å². The minimum atomic E-state index is -3.53. The number of nitrogens with zero attached hydrogens (tertiary/aromatic N) is 2. The molecule has 7 heteroatoms. The largest absolute Gasteiger partial charge is 0.494 e. The van der Waals surface area contributed by atoms with Gasteiger partial charge in [0.25, 0.3) is 0 Å². The zero-order valence-electron chi connectivity index (χ0n) is 15.9. The van der Waals surface area contributed by atoms with Crippen molar-refractivity contribution in [1.82, 2.24) is 9.21 Å². The maximum atomic E-state index is 13.1. The molecule has 1 atom stereocenters. The Hall–Kier alpha value is -0.760. The van der Waals surface area contributed by atoms with Gasteiger partial charge in [0.1, 0.15) is 5.75 Å². The van der Waals surface area contributed by atoms with Crippen LogP contribution in [-0.4, -0.2) is 62.2 Å². The molecule has 0 amide bonds. The van der Waals surface area contributed by atoms with E-state index in [1.807, 2.05) is 6.92 Å². The Balaban J connectivity index is 2.05. The lowest BCUT2D eigenvalue weighted by Gasteiger charge is -2.26. The van der Waals surface area contributed by atoms with Crippen LogP contribution < -0.4 is 4.74 Å². The highest BCUT2D eigenvalue weighted by Crippen LogP contribution is 2.21. The average Bonchev–Trinajstić information content (AvgIpc) is 3.12. The Labute approximate surface area is 164 Å². The number of benzene rings is 1. The highest BCUT2D eigenvalue weighted by molar-refractivity contribution is 7.89. The highest BCUT2D eigenvalue weighted by Gasteiger charge is 2.26. The number of hydrogen-bond acceptors (Lipinski definition) is 5. The van der Waals surface area contributed by atoms with Crippen LogP contribution >= 0.6 is 12.6 Å². The molecule has 1 aromatic rings. The third-order valence-electron chi connectivity index (χ3n) is 4.56. The third-order valence-corrected chi connectivity index (χ3v) is 6.60. The molecule has 1 aromatic carbocycles. The van der Waals surface area contributed by atoms with Crippen LogP contribution in [0, 0.1) is 0 Å². The summed E-state index contributed by atoms with van der Waals surface area (Å²) in [5.41, 5.74) is 0. The van der Waals surface area contributed by atoms with Gasteiger partial charge in [-0.25, -0.2) is 8.42 Å². The van der Waals surface area contributed by atoms with Crippen molar-refractivity contribution in [2.75, 3.05) is 39.3 Å². The minimum absolute atomic E-state index is 0.0139. The van der Waals surface area contributed by atoms with Crippen molar-refractivity contribution in [3.05, 3.63) is 24.3 Å². The second-order valence-electron chi connectivity index (χ2n) is 6.93. The first-order valence-corrected chi connectivity index (χ1v) is 11.5. The van der Waals surface area contributed by atoms with Crippen molar-refractivity contribution in [2.24, 2.45) is 0 Å². The lowest BCUT2D eigenvalue weighted by molar-refractivity contribution is 0.295. The van der Waals surface area contributed by atoms with Gasteiger partial charge in [-0.15, -0.1) is 0 Å². The molecule has 26 heavy (non-hydrogen) atoms. The van der Waals surface area contributed by atoms with Gasteiger partial charge in [0.15, 0.2) is 0 Å². The van der Waals surface area contributed by atoms with E-state index < -0.39 is 10.0 Å². The van der Waals surface area contributed by atoms with Gasteiger partial charge in [-0.1, -0.05) is 20.3 Å². The maximum absolute atomic E-state index is 13.1. The van der Waals surface area contributed by atoms with Crippen LogP contribution in [0.5, 0.6) is 5.75 Å². The average molecular weight is 401 g/mol. The molecule has 0 spiro atoms. The number of sulfonamides is 1. The van der Waals surface area contributed by atoms with Crippen LogP contribution in [0.2, 0.25) is 0 Å². The molecule has 1 aliphatic rings. The summed E-state index contributed by atoms with van der Waals surface area (Å²) in [7, 11) is -3.53. The van der Waals surface area contributed by atoms with Gasteiger partial charge < -0.3 is 9.64 Å². The lowest BCUT2D eigenvalue weighted by atomic mass is 10.3. The van der Waals surface area contributed by atoms with Crippen LogP contribution in [-0.2, 0) is 10.0 Å². The Morgan fingerprint density at radius 2 is 1.88 bits per heavy atom. The molecule has 0 N–H and O–H groups in total. The van der Waals surface area contributed by atoms with Gasteiger partial charge in [0.2, 0.25) is 10.0 Å². The molecule has 0 saturated carbocycles. The first-order valence-electron chi connectivity index (χ1n) is 9.57. The van der Waals surface area contributed by atoms with E-state index in [0.29, 0.717) is 30.3 Å². The molecule has 1 fully saturated rings. The van der Waals surface area contributed by atoms with Crippen molar-refractivity contribution < 1.29 is 13.2 Å². The van der Waals surface area contributed by atoms with Gasteiger partial charge in [-0.2, -0.15) is 16.9 Å². The van der Waals surface area contributed by atoms with E-state index in [-0.39, 0.29) is 5.25 Å². The molecule has 0 aliphatic carbocycles. The number of hydrogen-bond donors (Lipinski definition) is 1. The van der Waals surface area contributed by atoms with Crippen LogP contribution in [0.4, 0.5) is 0 Å². The van der Waals surface area contributed by atoms with Crippen LogP contribution in [0.3, 0.4) is 0 Å². The zero-order chi connectivity index (χ0) is 19.0. The van der Waals surface area contributed by atoms with E-state index in [1.165, 1.54) is 12.8 Å². The van der Waals surface area contributed by atoms with E-state index in [9.17, 15) is 8.42 Å². The molecule has 0 aromatic heterocycles. The summed E-state index contributed by atoms with van der Waals surface area (Å²) in [6.07, 6.45) is 4.47. The first kappa shape index (κ1) is 21.5. The molecule has 2 rings (SSSR count). The molecule has 5 nitrogen and oxygen atoms in total. The molecule has 1 aliphatic heterocycles. The highest BCUT2D eigenvalue weighted by atomic mass is 32.2. The molecule has 1 saturated heterocycles. The van der Waals surface area contributed by atoms with E-state index in [4.69, 9.17) is 4.74 Å². The predicted molar refractivity (Wildman–Crippen MR) is 110 cm³/mol. The third kappa shape index (κ3) is 6.44. The first-order chi connectivity index (χ1) is 12.4. The zero-order valence-corrected chi connectivity index (χ0v) is 17.6. The Morgan fingerprint density at radius 1 is 1.23 bits per heavy atom. The lowest BCUT2D eigenvalue weighted by Crippen LogP contribution is -2.40. The van der Waals surface area contributed by atoms with Gasteiger partial charge in [0.05, 0.1) is 11.5 Å². The summed E-state index contributed by atoms with van der Waals surface area (Å²) < 4.78 is 33.3. The standard InChI is InChI=1S/C19H32N2O3S2/c1-3-4-15-24-18-7-9-19(10-8-18)26(22,23)21(16-17(2)25)14-13-20-11-5-6-12-20/h7-10,17,25H,3-6,11-16H2,1-2H3. The Kier molecular flexibility index (Phi) is 8.73. The van der Waals surface area contributed by atoms with E-state index in [0.717, 1.165) is 32.5 Å². The molecular weight excluding hydrogens is 368 g/mol. The van der Waals surface area contributed by atoms with Crippen molar-refractivity contribution >= 4 is 22.7 Å². The molecule has 0 bridgehead atoms. The van der Waals surface area contributed by atoms with Crippen LogP contribution in [0.15, 0.2) is 29.2 Å². The van der Waals surface area contributed by atoms with Crippen molar-refractivity contribution in [3.8, 4) is 5.75 Å². The van der Waals surface area contributed by atoms with Gasteiger partial charge >= 0.3 is 0 Å². The second kappa shape index (κ2) is 10.5. The fourth-order valence-corrected chi connectivity index (χ4v) is 4.88. The topological polar surface area (TPSA) is 49.9 Å². The molecular formula is C19H32N2O3S2. The predicted octanol–water partition coefficient (Wildman–Crippen LogP) is 3.27. The fraction of sp³-hybridized carbons (Fsp3) is 0.684. The number of unbranched alkanes of at least 4 members (excludes halogenated alkanes) is 1. The minimum Gasteiger partial charge on any atom is -0.494 e. The van der Waals surface area contributed by atoms with Crippen molar-refractivity contribution in [2.45, 2.75) is 49.7 Å². The Morgan fingerprint density at radius 3 is 2.46 bits per heavy atom. The summed E-state index contributed by atoms with van der Waals surface area (Å²) in [6, 6.07) is 6.77. The van der Waals surface area contributed by atoms with Crippen molar-refractivity contribution in [1.29, 1.82) is 0 Å². The molecule has 1 heterocycles. The van der Waals surface area contributed by atoms with E-state index in [2.05, 4.69) is 24.5 Å². The summed E-state index contributed by atoms with van der Waals surface area (Å²) >= 11 is 4.41. The summed E-state index contributed by atoms with van der Waals surface area (Å²) in [5, 5.41) is -0.0139. The summed E-state index contributed by atoms with van der Waals surface area (Å²) in [6.45, 7) is 8.50. The number of thiol groups is 1. The SMILES string of the molecule is CCCCOc1ccc(S(=O)(=O)N(CCN2CCCC2)CC(C)S)cc1. The smallest absolute Gasteiger partial charge is 0.243 e. The Bertz CT molecular complexity index is 627. The number of ether oxygens (including phenoxy) is 1. The fourth-order valence-electron chi connectivity index (χ4n) is 3.05. The number of rotatable bonds is 11. The maximum Gasteiger partial charge on any atom is 0.243 e. The molecule has 1 unspecified atom stereocenters. The van der Waals surface area contributed by atoms with Gasteiger partial charge in [0, 0.05) is 24.9 Å². The van der Waals surface area contributed by atoms with E-state index in [1.54, 1.807) is 28.6 Å². The second-order valence-corrected chi connectivity index (χ2v) is 9.75. The van der Waals surface area contributed by atoms with Gasteiger partial charge in [-0.3, -0.25) is 0 Å². The monoisotopic (exact) mass is 400 g/mol. The van der Waals surface area contributed by atoms with Gasteiger partial charge in [-0.05, 0) is 56.6 Å². The number of likely N-dealkylation sites (tertiary alicyclic amines) is 1. The summed E-state index contributed by atoms with van der Waals surface area (Å²) in [5.74, 6) is 0.712.